The van der Waals surface area contributed by atoms with Crippen molar-refractivity contribution >= 4 is 27.0 Å². The van der Waals surface area contributed by atoms with E-state index in [-0.39, 0.29) is 29.3 Å². The largest absolute Gasteiger partial charge is 0.354 e. The lowest BCUT2D eigenvalue weighted by Gasteiger charge is -2.19. The smallest absolute Gasteiger partial charge is 0.263 e. The third-order valence-corrected chi connectivity index (χ3v) is 4.60. The molecule has 0 amide bonds. The molecule has 0 aliphatic heterocycles. The van der Waals surface area contributed by atoms with Gasteiger partial charge in [0.1, 0.15) is 5.39 Å². The van der Waals surface area contributed by atoms with Crippen LogP contribution in [0, 0.1) is 0 Å². The van der Waals surface area contributed by atoms with Gasteiger partial charge in [-0.3, -0.25) is 9.78 Å². The molecule has 9 nitrogen and oxygen atoms in total. The molecule has 0 aliphatic rings. The highest BCUT2D eigenvalue weighted by Crippen LogP contribution is 2.18. The molecule has 0 atom stereocenters. The van der Waals surface area contributed by atoms with Crippen LogP contribution in [0.15, 0.2) is 11.0 Å². The van der Waals surface area contributed by atoms with E-state index in [4.69, 9.17) is 0 Å². The van der Waals surface area contributed by atoms with Gasteiger partial charge in [-0.05, 0) is 27.7 Å². The molecule has 2 rings (SSSR count). The van der Waals surface area contributed by atoms with Crippen LogP contribution in [0.5, 0.6) is 0 Å². The molecule has 2 heterocycles. The van der Waals surface area contributed by atoms with Crippen molar-refractivity contribution in [2.75, 3.05) is 24.2 Å². The number of hydrogen-bond donors (Lipinski definition) is 3. The van der Waals surface area contributed by atoms with E-state index in [1.54, 1.807) is 11.6 Å². The first kappa shape index (κ1) is 17.4. The van der Waals surface area contributed by atoms with Crippen LogP contribution in [0.3, 0.4) is 0 Å². The van der Waals surface area contributed by atoms with Crippen molar-refractivity contribution in [2.45, 2.75) is 33.2 Å². The molecule has 0 saturated heterocycles. The molecule has 0 aromatic carbocycles. The van der Waals surface area contributed by atoms with Crippen molar-refractivity contribution in [1.29, 1.82) is 0 Å². The molecule has 0 spiro atoms. The first-order valence-corrected chi connectivity index (χ1v) is 8.99. The van der Waals surface area contributed by atoms with Crippen LogP contribution in [0.4, 0.5) is 5.95 Å². The minimum atomic E-state index is -3.23. The second kappa shape index (κ2) is 6.28. The zero-order valence-corrected chi connectivity index (χ0v) is 14.5. The summed E-state index contributed by atoms with van der Waals surface area (Å²) < 4.78 is 26.8. The first-order chi connectivity index (χ1) is 10.6. The van der Waals surface area contributed by atoms with Crippen molar-refractivity contribution < 1.29 is 8.42 Å². The summed E-state index contributed by atoms with van der Waals surface area (Å²) in [4.78, 5) is 19.1. The van der Waals surface area contributed by atoms with Crippen molar-refractivity contribution in [2.24, 2.45) is 0 Å². The summed E-state index contributed by atoms with van der Waals surface area (Å²) in [7, 11) is -3.23. The van der Waals surface area contributed by atoms with Gasteiger partial charge in [0, 0.05) is 13.1 Å². The molecule has 128 valence electrons. The summed E-state index contributed by atoms with van der Waals surface area (Å²) in [5, 5.41) is 7.55. The first-order valence-electron chi connectivity index (χ1n) is 7.34. The summed E-state index contributed by atoms with van der Waals surface area (Å²) in [6.07, 6.45) is 1.49. The fraction of sp³-hybridized carbons (Fsp3) is 0.615. The molecule has 0 saturated carbocycles. The van der Waals surface area contributed by atoms with E-state index < -0.39 is 10.0 Å². The van der Waals surface area contributed by atoms with Crippen molar-refractivity contribution in [3.8, 4) is 0 Å². The Bertz CT molecular complexity index is 847. The predicted molar refractivity (Wildman–Crippen MR) is 89.1 cm³/mol. The highest BCUT2D eigenvalue weighted by atomic mass is 32.2. The maximum Gasteiger partial charge on any atom is 0.263 e. The second-order valence-corrected chi connectivity index (χ2v) is 8.20. The number of aromatic nitrogens is 4. The van der Waals surface area contributed by atoms with Crippen molar-refractivity contribution in [3.05, 3.63) is 16.6 Å². The van der Waals surface area contributed by atoms with Crippen LogP contribution in [0.25, 0.3) is 11.0 Å². The summed E-state index contributed by atoms with van der Waals surface area (Å²) >= 11 is 0. The second-order valence-electron chi connectivity index (χ2n) is 6.10. The fourth-order valence-corrected chi connectivity index (χ4v) is 2.60. The quantitative estimate of drug-likeness (QED) is 0.646. The van der Waals surface area contributed by atoms with Gasteiger partial charge in [-0.25, -0.2) is 17.8 Å². The van der Waals surface area contributed by atoms with E-state index in [1.807, 2.05) is 20.8 Å². The minimum Gasteiger partial charge on any atom is -0.354 e. The lowest BCUT2D eigenvalue weighted by Crippen LogP contribution is -2.30. The number of nitrogens with zero attached hydrogens (tertiary/aromatic N) is 3. The van der Waals surface area contributed by atoms with Gasteiger partial charge in [-0.2, -0.15) is 10.1 Å². The molecule has 2 aromatic heterocycles. The van der Waals surface area contributed by atoms with Gasteiger partial charge in [0.25, 0.3) is 5.56 Å². The number of rotatable bonds is 6. The third-order valence-electron chi connectivity index (χ3n) is 3.19. The Kier molecular flexibility index (Phi) is 4.76. The average molecular weight is 342 g/mol. The molecule has 10 heteroatoms. The maximum absolute atomic E-state index is 12.1. The Morgan fingerprint density at radius 3 is 2.61 bits per heavy atom. The molecule has 0 fully saturated rings. The number of sulfonamides is 1. The van der Waals surface area contributed by atoms with Crippen molar-refractivity contribution in [3.63, 3.8) is 0 Å². The Balaban J connectivity index is 2.18. The molecule has 0 aliphatic carbocycles. The molecule has 3 N–H and O–H groups in total. The summed E-state index contributed by atoms with van der Waals surface area (Å²) in [6.45, 7) is 7.98. The highest BCUT2D eigenvalue weighted by molar-refractivity contribution is 7.89. The third kappa shape index (κ3) is 4.08. The SMILES string of the molecule is CCS(=O)(=O)NCCNc1nc2c(cnn2C(C)(C)C)c(=O)[nH]1. The molecule has 23 heavy (non-hydrogen) atoms. The minimum absolute atomic E-state index is 0.0266. The van der Waals surface area contributed by atoms with Gasteiger partial charge >= 0.3 is 0 Å². The average Bonchev–Trinajstić information content (AvgIpc) is 2.88. The van der Waals surface area contributed by atoms with Crippen LogP contribution >= 0.6 is 0 Å². The number of aromatic amines is 1. The molecule has 0 unspecified atom stereocenters. The Morgan fingerprint density at radius 2 is 2.00 bits per heavy atom. The number of hydrogen-bond acceptors (Lipinski definition) is 6. The van der Waals surface area contributed by atoms with Gasteiger partial charge in [-0.15, -0.1) is 0 Å². The Labute approximate surface area is 134 Å². The van der Waals surface area contributed by atoms with E-state index in [0.717, 1.165) is 0 Å². The number of nitrogens with one attached hydrogen (secondary N) is 3. The van der Waals surface area contributed by atoms with Crippen LogP contribution < -0.4 is 15.6 Å². The zero-order chi connectivity index (χ0) is 17.3. The number of fused-ring (bicyclic) bond motifs is 1. The van der Waals surface area contributed by atoms with Gasteiger partial charge in [-0.1, -0.05) is 0 Å². The molecular weight excluding hydrogens is 320 g/mol. The van der Waals surface area contributed by atoms with Crippen molar-refractivity contribution in [1.82, 2.24) is 24.5 Å². The Hall–Kier alpha value is -1.94. The van der Waals surface area contributed by atoms with Gasteiger partial charge in [0.15, 0.2) is 5.65 Å². The molecular formula is C13H22N6O3S. The zero-order valence-electron chi connectivity index (χ0n) is 13.7. The van der Waals surface area contributed by atoms with Crippen LogP contribution in [0.1, 0.15) is 27.7 Å². The van der Waals surface area contributed by atoms with Crippen LogP contribution in [0.2, 0.25) is 0 Å². The van der Waals surface area contributed by atoms with Crippen LogP contribution in [-0.2, 0) is 15.6 Å². The summed E-state index contributed by atoms with van der Waals surface area (Å²) in [5.74, 6) is 0.308. The normalized spacial score (nSPS) is 12.7. The fourth-order valence-electron chi connectivity index (χ4n) is 1.98. The van der Waals surface area contributed by atoms with Crippen LogP contribution in [-0.4, -0.2) is 47.0 Å². The molecule has 2 aromatic rings. The lowest BCUT2D eigenvalue weighted by molar-refractivity contribution is 0.366. The predicted octanol–water partition coefficient (Wildman–Crippen LogP) is 0.226. The Morgan fingerprint density at radius 1 is 1.30 bits per heavy atom. The van der Waals surface area contributed by atoms with E-state index in [0.29, 0.717) is 17.6 Å². The van der Waals surface area contributed by atoms with Gasteiger partial charge < -0.3 is 5.32 Å². The lowest BCUT2D eigenvalue weighted by atomic mass is 10.1. The highest BCUT2D eigenvalue weighted by Gasteiger charge is 2.19. The molecule has 0 bridgehead atoms. The standard InChI is InChI=1S/C13H22N6O3S/c1-5-23(21,22)16-7-6-14-12-17-10-9(11(20)18-12)8-15-19(10)13(2,3)4/h8,16H,5-7H2,1-4H3,(H2,14,17,18,20). The maximum atomic E-state index is 12.1. The van der Waals surface area contributed by atoms with E-state index >= 15 is 0 Å². The van der Waals surface area contributed by atoms with E-state index in [9.17, 15) is 13.2 Å². The number of H-pyrrole nitrogens is 1. The topological polar surface area (TPSA) is 122 Å². The van der Waals surface area contributed by atoms with Gasteiger partial charge in [0.05, 0.1) is 17.5 Å². The number of anilines is 1. The van der Waals surface area contributed by atoms with E-state index in [2.05, 4.69) is 25.1 Å². The van der Waals surface area contributed by atoms with E-state index in [1.165, 1.54) is 6.20 Å². The molecule has 0 radical (unpaired) electrons. The monoisotopic (exact) mass is 342 g/mol. The summed E-state index contributed by atoms with van der Waals surface area (Å²) in [5.41, 5.74) is -0.114. The summed E-state index contributed by atoms with van der Waals surface area (Å²) in [6, 6.07) is 0. The van der Waals surface area contributed by atoms with Gasteiger partial charge in [0.2, 0.25) is 16.0 Å².